The molecular formula is C25H25NO7. The van der Waals surface area contributed by atoms with Crippen molar-refractivity contribution in [3.05, 3.63) is 64.0 Å². The smallest absolute Gasteiger partial charge is 0.349 e. The van der Waals surface area contributed by atoms with Crippen LogP contribution in [0.1, 0.15) is 52.8 Å². The second-order valence-electron chi connectivity index (χ2n) is 7.95. The fourth-order valence-corrected chi connectivity index (χ4v) is 3.91. The summed E-state index contributed by atoms with van der Waals surface area (Å²) in [4.78, 5) is 37.6. The summed E-state index contributed by atoms with van der Waals surface area (Å²) < 4.78 is 21.1. The van der Waals surface area contributed by atoms with Gasteiger partial charge in [0.1, 0.15) is 28.4 Å². The van der Waals surface area contributed by atoms with Gasteiger partial charge in [-0.3, -0.25) is 4.79 Å². The molecule has 0 aliphatic heterocycles. The molecule has 1 heterocycles. The molecule has 1 aromatic heterocycles. The predicted molar refractivity (Wildman–Crippen MR) is 121 cm³/mol. The topological polar surface area (TPSA) is 104 Å². The maximum atomic E-state index is 12.6. The first-order valence-corrected chi connectivity index (χ1v) is 10.8. The molecule has 33 heavy (non-hydrogen) atoms. The number of fused-ring (bicyclic) bond motifs is 1. The molecule has 3 aromatic rings. The van der Waals surface area contributed by atoms with Crippen molar-refractivity contribution in [2.75, 3.05) is 14.2 Å². The number of amides is 1. The highest BCUT2D eigenvalue weighted by Crippen LogP contribution is 2.25. The summed E-state index contributed by atoms with van der Waals surface area (Å²) in [6, 6.07) is 10.9. The van der Waals surface area contributed by atoms with Crippen molar-refractivity contribution in [3.8, 4) is 17.2 Å². The Morgan fingerprint density at radius 2 is 1.61 bits per heavy atom. The molecule has 1 fully saturated rings. The van der Waals surface area contributed by atoms with E-state index in [0.717, 1.165) is 25.7 Å². The summed E-state index contributed by atoms with van der Waals surface area (Å²) in [5.74, 6) is 0.0314. The van der Waals surface area contributed by atoms with Crippen LogP contribution >= 0.6 is 0 Å². The Bertz CT molecular complexity index is 1220. The Morgan fingerprint density at radius 1 is 0.909 bits per heavy atom. The summed E-state index contributed by atoms with van der Waals surface area (Å²) in [5.41, 5.74) is -0.330. The van der Waals surface area contributed by atoms with Gasteiger partial charge in [0.2, 0.25) is 0 Å². The lowest BCUT2D eigenvalue weighted by atomic mass is 9.95. The highest BCUT2D eigenvalue weighted by Gasteiger charge is 2.20. The fourth-order valence-electron chi connectivity index (χ4n) is 3.91. The summed E-state index contributed by atoms with van der Waals surface area (Å²) >= 11 is 0. The van der Waals surface area contributed by atoms with Gasteiger partial charge in [-0.15, -0.1) is 0 Å². The van der Waals surface area contributed by atoms with Crippen LogP contribution in [0, 0.1) is 0 Å². The Morgan fingerprint density at radius 3 is 2.27 bits per heavy atom. The average Bonchev–Trinajstić information content (AvgIpc) is 2.83. The van der Waals surface area contributed by atoms with Gasteiger partial charge >= 0.3 is 11.6 Å². The van der Waals surface area contributed by atoms with E-state index in [9.17, 15) is 14.4 Å². The van der Waals surface area contributed by atoms with E-state index in [4.69, 9.17) is 18.6 Å². The van der Waals surface area contributed by atoms with Crippen LogP contribution < -0.4 is 25.2 Å². The first kappa shape index (κ1) is 22.4. The molecule has 1 aliphatic carbocycles. The number of hydrogen-bond acceptors (Lipinski definition) is 7. The lowest BCUT2D eigenvalue weighted by Crippen LogP contribution is -2.38. The van der Waals surface area contributed by atoms with Gasteiger partial charge in [-0.2, -0.15) is 0 Å². The molecule has 8 heteroatoms. The Balaban J connectivity index is 1.54. The van der Waals surface area contributed by atoms with Crippen molar-refractivity contribution in [1.82, 2.24) is 5.32 Å². The first-order valence-electron chi connectivity index (χ1n) is 10.8. The second-order valence-corrected chi connectivity index (χ2v) is 7.95. The van der Waals surface area contributed by atoms with Crippen LogP contribution in [0.25, 0.3) is 11.0 Å². The van der Waals surface area contributed by atoms with Gasteiger partial charge in [0.15, 0.2) is 0 Å². The number of carbonyl (C=O) groups excluding carboxylic acids is 2. The minimum absolute atomic E-state index is 0.0405. The largest absolute Gasteiger partial charge is 0.497 e. The van der Waals surface area contributed by atoms with E-state index in [1.165, 1.54) is 44.9 Å². The fraction of sp³-hybridized carbons (Fsp3) is 0.320. The molecule has 0 radical (unpaired) electrons. The monoisotopic (exact) mass is 451 g/mol. The quantitative estimate of drug-likeness (QED) is 0.342. The molecule has 0 atom stereocenters. The van der Waals surface area contributed by atoms with Gasteiger partial charge in [0.25, 0.3) is 5.91 Å². The van der Waals surface area contributed by atoms with Crippen molar-refractivity contribution in [3.63, 3.8) is 0 Å². The van der Waals surface area contributed by atoms with E-state index in [-0.39, 0.29) is 28.5 Å². The molecule has 0 unspecified atom stereocenters. The second kappa shape index (κ2) is 9.77. The normalized spacial score (nSPS) is 14.0. The first-order chi connectivity index (χ1) is 16.0. The maximum absolute atomic E-state index is 12.6. The molecule has 0 bridgehead atoms. The Hall–Kier alpha value is -3.81. The van der Waals surface area contributed by atoms with E-state index in [1.54, 1.807) is 18.2 Å². The standard InChI is InChI=1S/C25H25NO7/c1-30-19-10-16(11-20(13-19)31-2)24(28)32-18-9-8-15-12-21(25(29)33-22(15)14-18)23(27)26-17-6-4-3-5-7-17/h8-14,17H,3-7H2,1-2H3,(H,26,27). The van der Waals surface area contributed by atoms with Crippen LogP contribution in [0.4, 0.5) is 0 Å². The minimum Gasteiger partial charge on any atom is -0.497 e. The van der Waals surface area contributed by atoms with Gasteiger partial charge in [-0.1, -0.05) is 19.3 Å². The average molecular weight is 451 g/mol. The van der Waals surface area contributed by atoms with Crippen molar-refractivity contribution in [1.29, 1.82) is 0 Å². The third kappa shape index (κ3) is 5.16. The van der Waals surface area contributed by atoms with E-state index in [0.29, 0.717) is 16.9 Å². The number of esters is 1. The van der Waals surface area contributed by atoms with Crippen LogP contribution in [0.15, 0.2) is 51.7 Å². The van der Waals surface area contributed by atoms with Crippen molar-refractivity contribution in [2.24, 2.45) is 0 Å². The molecule has 1 aliphatic rings. The van der Waals surface area contributed by atoms with Gasteiger partial charge in [-0.05, 0) is 43.2 Å². The maximum Gasteiger partial charge on any atom is 0.349 e. The van der Waals surface area contributed by atoms with Crippen LogP contribution in [0.3, 0.4) is 0 Å². The van der Waals surface area contributed by atoms with Crippen LogP contribution in [0.2, 0.25) is 0 Å². The molecule has 0 saturated heterocycles. The third-order valence-corrected chi connectivity index (χ3v) is 5.69. The zero-order chi connectivity index (χ0) is 23.4. The number of rotatable bonds is 6. The van der Waals surface area contributed by atoms with Crippen molar-refractivity contribution in [2.45, 2.75) is 38.1 Å². The summed E-state index contributed by atoms with van der Waals surface area (Å²) in [7, 11) is 2.97. The van der Waals surface area contributed by atoms with Gasteiger partial charge in [0, 0.05) is 23.6 Å². The van der Waals surface area contributed by atoms with E-state index >= 15 is 0 Å². The van der Waals surface area contributed by atoms with Crippen LogP contribution in [-0.4, -0.2) is 32.1 Å². The van der Waals surface area contributed by atoms with E-state index in [2.05, 4.69) is 5.32 Å². The molecule has 0 spiro atoms. The highest BCUT2D eigenvalue weighted by molar-refractivity contribution is 5.97. The molecule has 172 valence electrons. The molecular weight excluding hydrogens is 426 g/mol. The summed E-state index contributed by atoms with van der Waals surface area (Å²) in [5, 5.41) is 3.47. The zero-order valence-electron chi connectivity index (χ0n) is 18.5. The van der Waals surface area contributed by atoms with Crippen molar-refractivity contribution >= 4 is 22.8 Å². The minimum atomic E-state index is -0.739. The van der Waals surface area contributed by atoms with Crippen LogP contribution in [-0.2, 0) is 0 Å². The number of carbonyl (C=O) groups is 2. The van der Waals surface area contributed by atoms with Gasteiger partial charge < -0.3 is 23.9 Å². The van der Waals surface area contributed by atoms with E-state index < -0.39 is 17.5 Å². The summed E-state index contributed by atoms with van der Waals surface area (Å²) in [6.07, 6.45) is 5.14. The molecule has 8 nitrogen and oxygen atoms in total. The third-order valence-electron chi connectivity index (χ3n) is 5.69. The molecule has 1 saturated carbocycles. The van der Waals surface area contributed by atoms with Crippen molar-refractivity contribution < 1.29 is 28.2 Å². The molecule has 1 N–H and O–H groups in total. The predicted octanol–water partition coefficient (Wildman–Crippen LogP) is 4.09. The number of ether oxygens (including phenoxy) is 3. The number of hydrogen-bond donors (Lipinski definition) is 1. The van der Waals surface area contributed by atoms with Gasteiger partial charge in [-0.25, -0.2) is 9.59 Å². The van der Waals surface area contributed by atoms with Crippen LogP contribution in [0.5, 0.6) is 17.2 Å². The van der Waals surface area contributed by atoms with Gasteiger partial charge in [0.05, 0.1) is 19.8 Å². The molecule has 4 rings (SSSR count). The number of methoxy groups -OCH3 is 2. The Kier molecular flexibility index (Phi) is 6.63. The summed E-state index contributed by atoms with van der Waals surface area (Å²) in [6.45, 7) is 0. The zero-order valence-corrected chi connectivity index (χ0v) is 18.5. The number of nitrogens with one attached hydrogen (secondary N) is 1. The van der Waals surface area contributed by atoms with E-state index in [1.807, 2.05) is 0 Å². The lowest BCUT2D eigenvalue weighted by Gasteiger charge is -2.22. The highest BCUT2D eigenvalue weighted by atomic mass is 16.5. The lowest BCUT2D eigenvalue weighted by molar-refractivity contribution is 0.0733. The molecule has 1 amide bonds. The number of benzene rings is 2. The molecule has 2 aromatic carbocycles. The SMILES string of the molecule is COc1cc(OC)cc(C(=O)Oc2ccc3cc(C(=O)NC4CCCCC4)c(=O)oc3c2)c1. The Labute approximate surface area is 190 Å².